The van der Waals surface area contributed by atoms with Gasteiger partial charge in [0.1, 0.15) is 5.75 Å². The minimum atomic E-state index is -0.839. The molecule has 120 valence electrons. The molecule has 0 aliphatic rings. The van der Waals surface area contributed by atoms with Crippen molar-refractivity contribution in [2.24, 2.45) is 5.92 Å². The van der Waals surface area contributed by atoms with E-state index in [9.17, 15) is 4.21 Å². The molecule has 0 saturated carbocycles. The van der Waals surface area contributed by atoms with Gasteiger partial charge in [-0.3, -0.25) is 4.21 Å². The molecule has 0 fully saturated rings. The van der Waals surface area contributed by atoms with Crippen LogP contribution in [0.4, 0.5) is 0 Å². The fourth-order valence-electron chi connectivity index (χ4n) is 2.11. The van der Waals surface area contributed by atoms with E-state index in [0.717, 1.165) is 23.5 Å². The summed E-state index contributed by atoms with van der Waals surface area (Å²) in [6.07, 6.45) is 1.07. The van der Waals surface area contributed by atoms with Gasteiger partial charge in [-0.2, -0.15) is 0 Å². The SMILES string of the molecule is CCOc1ccc(C(C)NC)cc1CS(=O)CC(C)CC. The molecule has 21 heavy (non-hydrogen) atoms. The average Bonchev–Trinajstić information content (AvgIpc) is 2.48. The lowest BCUT2D eigenvalue weighted by atomic mass is 10.1. The summed E-state index contributed by atoms with van der Waals surface area (Å²) in [6.45, 7) is 9.02. The minimum absolute atomic E-state index is 0.280. The summed E-state index contributed by atoms with van der Waals surface area (Å²) in [6, 6.07) is 6.48. The number of ether oxygens (including phenoxy) is 1. The van der Waals surface area contributed by atoms with Gasteiger partial charge in [0.25, 0.3) is 0 Å². The van der Waals surface area contributed by atoms with Crippen molar-refractivity contribution < 1.29 is 8.95 Å². The first-order valence-corrected chi connectivity index (χ1v) is 9.28. The van der Waals surface area contributed by atoms with Gasteiger partial charge in [0.05, 0.1) is 12.4 Å². The molecule has 0 saturated heterocycles. The van der Waals surface area contributed by atoms with Gasteiger partial charge in [0, 0.05) is 28.2 Å². The second-order valence-electron chi connectivity index (χ2n) is 5.57. The zero-order valence-corrected chi connectivity index (χ0v) is 14.8. The van der Waals surface area contributed by atoms with Crippen molar-refractivity contribution in [1.29, 1.82) is 0 Å². The highest BCUT2D eigenvalue weighted by atomic mass is 32.2. The van der Waals surface area contributed by atoms with Crippen LogP contribution in [0.15, 0.2) is 18.2 Å². The molecule has 0 aliphatic carbocycles. The molecule has 0 aliphatic heterocycles. The van der Waals surface area contributed by atoms with Crippen LogP contribution >= 0.6 is 0 Å². The van der Waals surface area contributed by atoms with Gasteiger partial charge in [-0.05, 0) is 44.5 Å². The molecule has 1 N–H and O–H groups in total. The number of nitrogens with one attached hydrogen (secondary N) is 1. The van der Waals surface area contributed by atoms with E-state index in [4.69, 9.17) is 4.74 Å². The molecule has 0 aromatic heterocycles. The zero-order valence-electron chi connectivity index (χ0n) is 13.9. The quantitative estimate of drug-likeness (QED) is 0.756. The monoisotopic (exact) mass is 311 g/mol. The normalized spacial score (nSPS) is 15.5. The Bertz CT molecular complexity index is 462. The van der Waals surface area contributed by atoms with Gasteiger partial charge in [-0.15, -0.1) is 0 Å². The summed E-state index contributed by atoms with van der Waals surface area (Å²) < 4.78 is 18.0. The maximum atomic E-state index is 12.3. The summed E-state index contributed by atoms with van der Waals surface area (Å²) in [7, 11) is 1.11. The molecular formula is C17H29NO2S. The van der Waals surface area contributed by atoms with Crippen molar-refractivity contribution in [2.75, 3.05) is 19.4 Å². The van der Waals surface area contributed by atoms with Gasteiger partial charge in [0.15, 0.2) is 0 Å². The molecule has 1 aromatic carbocycles. The molecule has 3 nitrogen and oxygen atoms in total. The highest BCUT2D eigenvalue weighted by Gasteiger charge is 2.13. The molecule has 0 bridgehead atoms. The van der Waals surface area contributed by atoms with Crippen LogP contribution in [0.25, 0.3) is 0 Å². The van der Waals surface area contributed by atoms with Crippen molar-refractivity contribution in [3.05, 3.63) is 29.3 Å². The van der Waals surface area contributed by atoms with Gasteiger partial charge in [0.2, 0.25) is 0 Å². The van der Waals surface area contributed by atoms with E-state index in [1.165, 1.54) is 5.56 Å². The van der Waals surface area contributed by atoms with E-state index in [1.807, 2.05) is 20.0 Å². The Labute approximate surface area is 131 Å². The predicted octanol–water partition coefficient (Wildman–Crippen LogP) is 3.66. The largest absolute Gasteiger partial charge is 0.494 e. The van der Waals surface area contributed by atoms with Crippen LogP contribution in [0, 0.1) is 5.92 Å². The second kappa shape index (κ2) is 9.21. The maximum Gasteiger partial charge on any atom is 0.123 e. The molecule has 4 heteroatoms. The Kier molecular flexibility index (Phi) is 7.97. The maximum absolute atomic E-state index is 12.3. The van der Waals surface area contributed by atoms with E-state index in [-0.39, 0.29) is 6.04 Å². The lowest BCUT2D eigenvalue weighted by molar-refractivity contribution is 0.337. The van der Waals surface area contributed by atoms with Crippen LogP contribution in [0.2, 0.25) is 0 Å². The zero-order chi connectivity index (χ0) is 15.8. The first-order valence-electron chi connectivity index (χ1n) is 7.79. The first-order chi connectivity index (χ1) is 10.0. The Hall–Kier alpha value is -0.870. The van der Waals surface area contributed by atoms with Crippen LogP contribution in [-0.2, 0) is 16.6 Å². The van der Waals surface area contributed by atoms with Crippen LogP contribution in [0.1, 0.15) is 51.3 Å². The van der Waals surface area contributed by atoms with Crippen molar-refractivity contribution in [1.82, 2.24) is 5.32 Å². The smallest absolute Gasteiger partial charge is 0.123 e. The van der Waals surface area contributed by atoms with Crippen LogP contribution in [0.5, 0.6) is 5.75 Å². The summed E-state index contributed by atoms with van der Waals surface area (Å²) in [5.74, 6) is 2.69. The fourth-order valence-corrected chi connectivity index (χ4v) is 3.67. The lowest BCUT2D eigenvalue weighted by Gasteiger charge is -2.16. The second-order valence-corrected chi connectivity index (χ2v) is 7.08. The van der Waals surface area contributed by atoms with Crippen LogP contribution < -0.4 is 10.1 Å². The standard InChI is InChI=1S/C17H29NO2S/c1-6-13(3)11-21(19)12-16-10-15(14(4)18-5)8-9-17(16)20-7-2/h8-10,13-14,18H,6-7,11-12H2,1-5H3. The van der Waals surface area contributed by atoms with Crippen molar-refractivity contribution >= 4 is 10.8 Å². The van der Waals surface area contributed by atoms with Gasteiger partial charge < -0.3 is 10.1 Å². The van der Waals surface area contributed by atoms with E-state index >= 15 is 0 Å². The summed E-state index contributed by atoms with van der Waals surface area (Å²) >= 11 is 0. The minimum Gasteiger partial charge on any atom is -0.494 e. The van der Waals surface area contributed by atoms with Gasteiger partial charge in [-0.25, -0.2) is 0 Å². The van der Waals surface area contributed by atoms with Gasteiger partial charge >= 0.3 is 0 Å². The highest BCUT2D eigenvalue weighted by molar-refractivity contribution is 7.84. The topological polar surface area (TPSA) is 38.3 Å². The third-order valence-corrected chi connectivity index (χ3v) is 5.38. The Morgan fingerprint density at radius 2 is 2.00 bits per heavy atom. The molecule has 0 radical (unpaired) electrons. The molecule has 1 aromatic rings. The van der Waals surface area contributed by atoms with E-state index in [1.54, 1.807) is 0 Å². The number of benzene rings is 1. The molecule has 0 spiro atoms. The third-order valence-electron chi connectivity index (χ3n) is 3.80. The number of hydrogen-bond donors (Lipinski definition) is 1. The number of rotatable bonds is 9. The highest BCUT2D eigenvalue weighted by Crippen LogP contribution is 2.25. The Morgan fingerprint density at radius 3 is 2.57 bits per heavy atom. The van der Waals surface area contributed by atoms with E-state index < -0.39 is 10.8 Å². The molecule has 3 unspecified atom stereocenters. The first kappa shape index (κ1) is 18.2. The molecular weight excluding hydrogens is 282 g/mol. The van der Waals surface area contributed by atoms with E-state index in [2.05, 4.69) is 38.2 Å². The van der Waals surface area contributed by atoms with Crippen molar-refractivity contribution in [2.45, 2.75) is 45.9 Å². The summed E-state index contributed by atoms with van der Waals surface area (Å²) in [5, 5.41) is 3.24. The molecule has 3 atom stereocenters. The summed E-state index contributed by atoms with van der Waals surface area (Å²) in [4.78, 5) is 0. The Morgan fingerprint density at radius 1 is 1.29 bits per heavy atom. The number of hydrogen-bond acceptors (Lipinski definition) is 3. The van der Waals surface area contributed by atoms with Crippen molar-refractivity contribution in [3.63, 3.8) is 0 Å². The molecule has 0 amide bonds. The average molecular weight is 311 g/mol. The van der Waals surface area contributed by atoms with Crippen molar-refractivity contribution in [3.8, 4) is 5.75 Å². The van der Waals surface area contributed by atoms with Gasteiger partial charge in [-0.1, -0.05) is 26.3 Å². The van der Waals surface area contributed by atoms with Crippen LogP contribution in [-0.4, -0.2) is 23.6 Å². The fraction of sp³-hybridized carbons (Fsp3) is 0.647. The molecule has 0 heterocycles. The molecule has 1 rings (SSSR count). The van der Waals surface area contributed by atoms with Crippen LogP contribution in [0.3, 0.4) is 0 Å². The summed E-state index contributed by atoms with van der Waals surface area (Å²) in [5.41, 5.74) is 2.26. The lowest BCUT2D eigenvalue weighted by Crippen LogP contribution is -2.14. The predicted molar refractivity (Wildman–Crippen MR) is 91.3 cm³/mol. The van der Waals surface area contributed by atoms with E-state index in [0.29, 0.717) is 18.3 Å². The third kappa shape index (κ3) is 5.79. The Balaban J connectivity index is 2.92.